The standard InChI is InChI=1S/C18H22N2O4/c1-12-7-8-13(2)15(11-12)24-10-9-19-16(21)17(22)20(18(19)23)14-5-3-4-6-14/h7-8,11,14H,3-6,9-10H2,1-2H3. The number of hydrogen-bond acceptors (Lipinski definition) is 4. The van der Waals surface area contributed by atoms with Gasteiger partial charge in [0.2, 0.25) is 0 Å². The topological polar surface area (TPSA) is 66.9 Å². The van der Waals surface area contributed by atoms with Crippen LogP contribution in [0.2, 0.25) is 0 Å². The summed E-state index contributed by atoms with van der Waals surface area (Å²) in [5, 5.41) is 0. The zero-order valence-corrected chi connectivity index (χ0v) is 14.1. The number of rotatable bonds is 5. The molecule has 4 amide bonds. The zero-order valence-electron chi connectivity index (χ0n) is 14.1. The van der Waals surface area contributed by atoms with Gasteiger partial charge >= 0.3 is 17.8 Å². The monoisotopic (exact) mass is 330 g/mol. The number of carbonyl (C=O) groups is 3. The quantitative estimate of drug-likeness (QED) is 0.614. The van der Waals surface area contributed by atoms with E-state index in [-0.39, 0.29) is 19.2 Å². The number of urea groups is 1. The van der Waals surface area contributed by atoms with Crippen LogP contribution in [0.15, 0.2) is 18.2 Å². The summed E-state index contributed by atoms with van der Waals surface area (Å²) < 4.78 is 5.70. The molecule has 2 fully saturated rings. The van der Waals surface area contributed by atoms with Crippen LogP contribution in [0.5, 0.6) is 5.75 Å². The summed E-state index contributed by atoms with van der Waals surface area (Å²) in [6.45, 7) is 4.16. The van der Waals surface area contributed by atoms with E-state index in [1.165, 1.54) is 0 Å². The number of nitrogens with zero attached hydrogens (tertiary/aromatic N) is 2. The minimum atomic E-state index is -0.739. The van der Waals surface area contributed by atoms with E-state index < -0.39 is 17.8 Å². The smallest absolute Gasteiger partial charge is 0.334 e. The molecular weight excluding hydrogens is 308 g/mol. The second kappa shape index (κ2) is 6.63. The Balaban J connectivity index is 1.62. The average molecular weight is 330 g/mol. The summed E-state index contributed by atoms with van der Waals surface area (Å²) in [5.41, 5.74) is 2.06. The second-order valence-corrected chi connectivity index (χ2v) is 6.47. The van der Waals surface area contributed by atoms with E-state index in [2.05, 4.69) is 0 Å². The molecule has 1 saturated carbocycles. The Morgan fingerprint density at radius 2 is 1.79 bits per heavy atom. The van der Waals surface area contributed by atoms with Crippen molar-refractivity contribution in [1.29, 1.82) is 0 Å². The number of amides is 4. The molecule has 1 heterocycles. The fourth-order valence-electron chi connectivity index (χ4n) is 3.31. The van der Waals surface area contributed by atoms with Crippen molar-refractivity contribution < 1.29 is 19.1 Å². The highest BCUT2D eigenvalue weighted by Crippen LogP contribution is 2.27. The molecule has 6 nitrogen and oxygen atoms in total. The molecule has 0 radical (unpaired) electrons. The van der Waals surface area contributed by atoms with Crippen LogP contribution in [0.4, 0.5) is 4.79 Å². The molecule has 24 heavy (non-hydrogen) atoms. The Morgan fingerprint density at radius 1 is 1.08 bits per heavy atom. The number of carbonyl (C=O) groups excluding carboxylic acids is 3. The third kappa shape index (κ3) is 3.00. The van der Waals surface area contributed by atoms with Crippen LogP contribution in [0.1, 0.15) is 36.8 Å². The second-order valence-electron chi connectivity index (χ2n) is 6.47. The van der Waals surface area contributed by atoms with Crippen molar-refractivity contribution in [3.05, 3.63) is 29.3 Å². The lowest BCUT2D eigenvalue weighted by Crippen LogP contribution is -2.40. The van der Waals surface area contributed by atoms with Gasteiger partial charge in [-0.3, -0.25) is 19.4 Å². The molecule has 2 aliphatic rings. The van der Waals surface area contributed by atoms with E-state index in [1.807, 2.05) is 32.0 Å². The normalized spacial score (nSPS) is 18.8. The maximum Gasteiger partial charge on any atom is 0.334 e. The van der Waals surface area contributed by atoms with E-state index in [4.69, 9.17) is 4.74 Å². The third-order valence-corrected chi connectivity index (χ3v) is 4.69. The van der Waals surface area contributed by atoms with Gasteiger partial charge in [-0.1, -0.05) is 25.0 Å². The summed E-state index contributed by atoms with van der Waals surface area (Å²) in [4.78, 5) is 38.8. The van der Waals surface area contributed by atoms with Gasteiger partial charge in [-0.25, -0.2) is 4.79 Å². The van der Waals surface area contributed by atoms with Gasteiger partial charge in [-0.05, 0) is 43.9 Å². The first-order chi connectivity index (χ1) is 11.5. The van der Waals surface area contributed by atoms with Gasteiger partial charge in [0.05, 0.1) is 6.54 Å². The van der Waals surface area contributed by atoms with Crippen molar-refractivity contribution in [3.8, 4) is 5.75 Å². The number of benzene rings is 1. The van der Waals surface area contributed by atoms with Crippen LogP contribution in [0.25, 0.3) is 0 Å². The number of hydrogen-bond donors (Lipinski definition) is 0. The highest BCUT2D eigenvalue weighted by molar-refractivity contribution is 6.44. The van der Waals surface area contributed by atoms with Gasteiger partial charge in [0.1, 0.15) is 12.4 Å². The highest BCUT2D eigenvalue weighted by atomic mass is 16.5. The minimum absolute atomic E-state index is 0.0833. The summed E-state index contributed by atoms with van der Waals surface area (Å²) in [6.07, 6.45) is 3.56. The maximum absolute atomic E-state index is 12.4. The van der Waals surface area contributed by atoms with Crippen LogP contribution in [-0.4, -0.2) is 46.8 Å². The Bertz CT molecular complexity index is 680. The Morgan fingerprint density at radius 3 is 2.50 bits per heavy atom. The molecule has 0 unspecified atom stereocenters. The molecule has 1 aliphatic heterocycles. The third-order valence-electron chi connectivity index (χ3n) is 4.69. The van der Waals surface area contributed by atoms with E-state index in [1.54, 1.807) is 0 Å². The summed E-state index contributed by atoms with van der Waals surface area (Å²) in [5.74, 6) is -0.705. The molecule has 1 saturated heterocycles. The van der Waals surface area contributed by atoms with Gasteiger partial charge < -0.3 is 4.74 Å². The van der Waals surface area contributed by atoms with E-state index in [0.717, 1.165) is 52.4 Å². The lowest BCUT2D eigenvalue weighted by atomic mass is 10.1. The van der Waals surface area contributed by atoms with Crippen LogP contribution in [0, 0.1) is 13.8 Å². The number of imide groups is 2. The predicted octanol–water partition coefficient (Wildman–Crippen LogP) is 2.42. The molecule has 0 spiro atoms. The molecule has 0 aromatic heterocycles. The van der Waals surface area contributed by atoms with Gasteiger partial charge in [-0.15, -0.1) is 0 Å². The minimum Gasteiger partial charge on any atom is -0.491 e. The Labute approximate surface area is 141 Å². The van der Waals surface area contributed by atoms with Crippen molar-refractivity contribution in [2.45, 2.75) is 45.6 Å². The highest BCUT2D eigenvalue weighted by Gasteiger charge is 2.47. The Kier molecular flexibility index (Phi) is 4.55. The van der Waals surface area contributed by atoms with Crippen molar-refractivity contribution in [1.82, 2.24) is 9.80 Å². The van der Waals surface area contributed by atoms with E-state index in [9.17, 15) is 14.4 Å². The van der Waals surface area contributed by atoms with Gasteiger partial charge in [-0.2, -0.15) is 0 Å². The molecule has 128 valence electrons. The average Bonchev–Trinajstić information content (AvgIpc) is 3.14. The van der Waals surface area contributed by atoms with E-state index >= 15 is 0 Å². The van der Waals surface area contributed by atoms with E-state index in [0.29, 0.717) is 0 Å². The number of aryl methyl sites for hydroxylation is 2. The van der Waals surface area contributed by atoms with Gasteiger partial charge in [0.15, 0.2) is 0 Å². The van der Waals surface area contributed by atoms with Crippen molar-refractivity contribution in [2.75, 3.05) is 13.2 Å². The summed E-state index contributed by atoms with van der Waals surface area (Å²) in [6, 6.07) is 5.25. The van der Waals surface area contributed by atoms with Crippen molar-refractivity contribution in [2.24, 2.45) is 0 Å². The molecule has 0 N–H and O–H groups in total. The SMILES string of the molecule is Cc1ccc(C)c(OCCN2C(=O)C(=O)N(C3CCCC3)C2=O)c1. The summed E-state index contributed by atoms with van der Waals surface area (Å²) in [7, 11) is 0. The molecule has 0 bridgehead atoms. The lowest BCUT2D eigenvalue weighted by Gasteiger charge is -2.21. The lowest BCUT2D eigenvalue weighted by molar-refractivity contribution is -0.144. The number of ether oxygens (including phenoxy) is 1. The molecule has 1 aromatic rings. The fourth-order valence-corrected chi connectivity index (χ4v) is 3.31. The van der Waals surface area contributed by atoms with Crippen LogP contribution in [0.3, 0.4) is 0 Å². The van der Waals surface area contributed by atoms with Crippen LogP contribution < -0.4 is 4.74 Å². The molecule has 1 aliphatic carbocycles. The zero-order chi connectivity index (χ0) is 17.3. The van der Waals surface area contributed by atoms with Gasteiger partial charge in [0.25, 0.3) is 0 Å². The van der Waals surface area contributed by atoms with Crippen LogP contribution >= 0.6 is 0 Å². The predicted molar refractivity (Wildman–Crippen MR) is 87.6 cm³/mol. The molecule has 0 atom stereocenters. The first kappa shape index (κ1) is 16.5. The van der Waals surface area contributed by atoms with Crippen molar-refractivity contribution >= 4 is 17.8 Å². The maximum atomic E-state index is 12.4. The van der Waals surface area contributed by atoms with Crippen molar-refractivity contribution in [3.63, 3.8) is 0 Å². The molecule has 6 heteroatoms. The molecular formula is C18H22N2O4. The Hall–Kier alpha value is -2.37. The first-order valence-corrected chi connectivity index (χ1v) is 8.38. The van der Waals surface area contributed by atoms with Crippen LogP contribution in [-0.2, 0) is 9.59 Å². The first-order valence-electron chi connectivity index (χ1n) is 8.38. The largest absolute Gasteiger partial charge is 0.491 e. The summed E-state index contributed by atoms with van der Waals surface area (Å²) >= 11 is 0. The fraction of sp³-hybridized carbons (Fsp3) is 0.500. The molecule has 1 aromatic carbocycles. The van der Waals surface area contributed by atoms with Gasteiger partial charge in [0, 0.05) is 6.04 Å². The molecule has 3 rings (SSSR count).